The molecule has 0 unspecified atom stereocenters. The van der Waals surface area contributed by atoms with E-state index >= 15 is 0 Å². The Balaban J connectivity index is 2.18. The Labute approximate surface area is 128 Å². The molecular weight excluding hydrogens is 293 g/mol. The molecule has 5 heteroatoms. The highest BCUT2D eigenvalue weighted by atomic mass is 35.5. The van der Waals surface area contributed by atoms with Crippen molar-refractivity contribution in [1.29, 1.82) is 0 Å². The number of ether oxygens (including phenoxy) is 2. The summed E-state index contributed by atoms with van der Waals surface area (Å²) in [5.74, 6) is 0.735. The molecule has 2 aromatic rings. The number of benzene rings is 2. The molecule has 2 N–H and O–H groups in total. The first-order valence-corrected chi connectivity index (χ1v) is 6.89. The molecule has 0 bridgehead atoms. The van der Waals surface area contributed by atoms with E-state index in [-0.39, 0.29) is 18.5 Å². The van der Waals surface area contributed by atoms with Gasteiger partial charge in [-0.05, 0) is 42.8 Å². The largest absolute Gasteiger partial charge is 0.493 e. The van der Waals surface area contributed by atoms with Crippen LogP contribution >= 0.6 is 11.6 Å². The summed E-state index contributed by atoms with van der Waals surface area (Å²) in [7, 11) is 1.55. The van der Waals surface area contributed by atoms with E-state index in [9.17, 15) is 4.39 Å². The monoisotopic (exact) mass is 309 g/mol. The normalized spacial score (nSPS) is 12.0. The van der Waals surface area contributed by atoms with Gasteiger partial charge in [-0.3, -0.25) is 0 Å². The third-order valence-corrected chi connectivity index (χ3v) is 3.34. The summed E-state index contributed by atoms with van der Waals surface area (Å²) in [4.78, 5) is 0. The van der Waals surface area contributed by atoms with Gasteiger partial charge in [0.1, 0.15) is 12.4 Å². The van der Waals surface area contributed by atoms with Gasteiger partial charge in [-0.25, -0.2) is 4.39 Å². The predicted molar refractivity (Wildman–Crippen MR) is 81.3 cm³/mol. The molecule has 0 fully saturated rings. The van der Waals surface area contributed by atoms with Crippen molar-refractivity contribution < 1.29 is 13.9 Å². The van der Waals surface area contributed by atoms with Crippen LogP contribution in [0.4, 0.5) is 4.39 Å². The average molecular weight is 310 g/mol. The van der Waals surface area contributed by atoms with E-state index in [1.54, 1.807) is 19.2 Å². The van der Waals surface area contributed by atoms with E-state index < -0.39 is 0 Å². The van der Waals surface area contributed by atoms with E-state index in [1.807, 2.05) is 19.1 Å². The van der Waals surface area contributed by atoms with Crippen LogP contribution in [-0.2, 0) is 6.61 Å². The minimum atomic E-state index is -0.356. The minimum Gasteiger partial charge on any atom is -0.493 e. The van der Waals surface area contributed by atoms with Crippen molar-refractivity contribution in [2.75, 3.05) is 7.11 Å². The van der Waals surface area contributed by atoms with Gasteiger partial charge in [0.05, 0.1) is 7.11 Å². The molecule has 2 aromatic carbocycles. The van der Waals surface area contributed by atoms with E-state index in [4.69, 9.17) is 26.8 Å². The molecule has 21 heavy (non-hydrogen) atoms. The Hall–Kier alpha value is -1.78. The lowest BCUT2D eigenvalue weighted by Crippen LogP contribution is -2.06. The molecule has 0 aliphatic heterocycles. The molecule has 2 rings (SSSR count). The molecule has 0 spiro atoms. The van der Waals surface area contributed by atoms with Crippen LogP contribution in [0.2, 0.25) is 5.02 Å². The van der Waals surface area contributed by atoms with Crippen molar-refractivity contribution in [3.8, 4) is 11.5 Å². The summed E-state index contributed by atoms with van der Waals surface area (Å²) in [6, 6.07) is 9.69. The highest BCUT2D eigenvalue weighted by molar-refractivity contribution is 6.30. The van der Waals surface area contributed by atoms with E-state index in [0.29, 0.717) is 22.1 Å². The van der Waals surface area contributed by atoms with Crippen LogP contribution in [-0.4, -0.2) is 7.11 Å². The molecule has 0 saturated carbocycles. The topological polar surface area (TPSA) is 44.5 Å². The molecule has 0 saturated heterocycles. The first kappa shape index (κ1) is 15.6. The number of rotatable bonds is 5. The van der Waals surface area contributed by atoms with Crippen LogP contribution in [0, 0.1) is 5.82 Å². The zero-order valence-electron chi connectivity index (χ0n) is 11.9. The summed E-state index contributed by atoms with van der Waals surface area (Å²) in [6.07, 6.45) is 0. The Morgan fingerprint density at radius 3 is 2.62 bits per heavy atom. The molecular formula is C16H17ClFNO2. The second kappa shape index (κ2) is 6.78. The van der Waals surface area contributed by atoms with Gasteiger partial charge in [0.15, 0.2) is 11.5 Å². The van der Waals surface area contributed by atoms with E-state index in [2.05, 4.69) is 0 Å². The molecule has 1 atom stereocenters. The van der Waals surface area contributed by atoms with Crippen molar-refractivity contribution in [2.45, 2.75) is 19.6 Å². The van der Waals surface area contributed by atoms with E-state index in [0.717, 1.165) is 5.56 Å². The molecule has 0 heterocycles. The van der Waals surface area contributed by atoms with Crippen LogP contribution in [0.1, 0.15) is 24.1 Å². The SMILES string of the molecule is COc1cc([C@@H](C)N)ccc1OCc1cc(Cl)ccc1F. The number of hydrogen-bond acceptors (Lipinski definition) is 3. The van der Waals surface area contributed by atoms with Crippen molar-refractivity contribution in [1.82, 2.24) is 0 Å². The zero-order valence-corrected chi connectivity index (χ0v) is 12.7. The lowest BCUT2D eigenvalue weighted by atomic mass is 10.1. The molecule has 0 radical (unpaired) electrons. The minimum absolute atomic E-state index is 0.0697. The standard InChI is InChI=1S/C16H17ClFNO2/c1-10(19)11-3-6-15(16(8-11)20-2)21-9-12-7-13(17)4-5-14(12)18/h3-8,10H,9,19H2,1-2H3/t10-/m1/s1. The Bertz CT molecular complexity index is 632. The molecule has 0 amide bonds. The summed E-state index contributed by atoms with van der Waals surface area (Å²) >= 11 is 5.85. The quantitative estimate of drug-likeness (QED) is 0.905. The summed E-state index contributed by atoms with van der Waals surface area (Å²) in [5, 5.41) is 0.467. The summed E-state index contributed by atoms with van der Waals surface area (Å²) < 4.78 is 24.5. The number of nitrogens with two attached hydrogens (primary N) is 1. The van der Waals surface area contributed by atoms with Crippen molar-refractivity contribution in [3.63, 3.8) is 0 Å². The molecule has 0 aliphatic rings. The zero-order chi connectivity index (χ0) is 15.4. The van der Waals surface area contributed by atoms with Crippen molar-refractivity contribution >= 4 is 11.6 Å². The number of hydrogen-bond donors (Lipinski definition) is 1. The fourth-order valence-corrected chi connectivity index (χ4v) is 2.09. The third-order valence-electron chi connectivity index (χ3n) is 3.10. The highest BCUT2D eigenvalue weighted by Gasteiger charge is 2.10. The predicted octanol–water partition coefficient (Wildman–Crippen LogP) is 4.09. The van der Waals surface area contributed by atoms with Gasteiger partial charge in [0, 0.05) is 16.6 Å². The van der Waals surface area contributed by atoms with Gasteiger partial charge in [-0.15, -0.1) is 0 Å². The van der Waals surface area contributed by atoms with Gasteiger partial charge in [0.25, 0.3) is 0 Å². The third kappa shape index (κ3) is 3.86. The van der Waals surface area contributed by atoms with Gasteiger partial charge < -0.3 is 15.2 Å². The maximum atomic E-state index is 13.6. The fraction of sp³-hybridized carbons (Fsp3) is 0.250. The molecule has 0 aromatic heterocycles. The Morgan fingerprint density at radius 2 is 1.95 bits per heavy atom. The lowest BCUT2D eigenvalue weighted by molar-refractivity contribution is 0.279. The lowest BCUT2D eigenvalue weighted by Gasteiger charge is -2.14. The molecule has 3 nitrogen and oxygen atoms in total. The maximum absolute atomic E-state index is 13.6. The van der Waals surface area contributed by atoms with Crippen LogP contribution in [0.15, 0.2) is 36.4 Å². The average Bonchev–Trinajstić information content (AvgIpc) is 2.47. The van der Waals surface area contributed by atoms with Gasteiger partial charge in [-0.1, -0.05) is 17.7 Å². The Kier molecular flexibility index (Phi) is 5.04. The fourth-order valence-electron chi connectivity index (χ4n) is 1.90. The maximum Gasteiger partial charge on any atom is 0.161 e. The van der Waals surface area contributed by atoms with Crippen LogP contribution in [0.5, 0.6) is 11.5 Å². The van der Waals surface area contributed by atoms with Crippen LogP contribution < -0.4 is 15.2 Å². The molecule has 112 valence electrons. The highest BCUT2D eigenvalue weighted by Crippen LogP contribution is 2.30. The smallest absolute Gasteiger partial charge is 0.161 e. The van der Waals surface area contributed by atoms with Crippen LogP contribution in [0.3, 0.4) is 0 Å². The van der Waals surface area contributed by atoms with Gasteiger partial charge >= 0.3 is 0 Å². The van der Waals surface area contributed by atoms with Crippen molar-refractivity contribution in [2.24, 2.45) is 5.73 Å². The van der Waals surface area contributed by atoms with Gasteiger partial charge in [-0.2, -0.15) is 0 Å². The number of halogens is 2. The number of methoxy groups -OCH3 is 1. The first-order valence-electron chi connectivity index (χ1n) is 6.51. The van der Waals surface area contributed by atoms with E-state index in [1.165, 1.54) is 12.1 Å². The second-order valence-corrected chi connectivity index (χ2v) is 5.16. The Morgan fingerprint density at radius 1 is 1.19 bits per heavy atom. The first-order chi connectivity index (χ1) is 10.0. The van der Waals surface area contributed by atoms with Gasteiger partial charge in [0.2, 0.25) is 0 Å². The summed E-state index contributed by atoms with van der Waals surface area (Å²) in [6.45, 7) is 1.96. The van der Waals surface area contributed by atoms with Crippen LogP contribution in [0.25, 0.3) is 0 Å². The molecule has 0 aliphatic carbocycles. The van der Waals surface area contributed by atoms with Crippen molar-refractivity contribution in [3.05, 3.63) is 58.4 Å². The second-order valence-electron chi connectivity index (χ2n) is 4.72. The summed E-state index contributed by atoms with van der Waals surface area (Å²) in [5.41, 5.74) is 7.16.